The van der Waals surface area contributed by atoms with Crippen LogP contribution in [0.4, 0.5) is 5.69 Å². The summed E-state index contributed by atoms with van der Waals surface area (Å²) in [5.74, 6) is -1.12. The molecule has 0 aliphatic heterocycles. The van der Waals surface area contributed by atoms with Gasteiger partial charge >= 0.3 is 5.97 Å². The van der Waals surface area contributed by atoms with Gasteiger partial charge in [0.05, 0.1) is 5.69 Å². The van der Waals surface area contributed by atoms with Crippen LogP contribution in [-0.2, 0) is 6.42 Å². The minimum atomic E-state index is -1.13. The number of hydrogen-bond donors (Lipinski definition) is 2. The number of nitrogens with one attached hydrogen (secondary N) is 1. The van der Waals surface area contributed by atoms with Crippen molar-refractivity contribution in [3.8, 4) is 11.3 Å². The second-order valence-corrected chi connectivity index (χ2v) is 6.02. The number of benzene rings is 2. The number of rotatable bonds is 5. The van der Waals surface area contributed by atoms with Gasteiger partial charge in [-0.25, -0.2) is 4.79 Å². The molecule has 0 saturated heterocycles. The predicted molar refractivity (Wildman–Crippen MR) is 99.6 cm³/mol. The molecule has 0 aliphatic rings. The minimum absolute atomic E-state index is 0.145. The molecular weight excluding hydrogens is 330 g/mol. The van der Waals surface area contributed by atoms with Crippen molar-refractivity contribution in [1.29, 1.82) is 0 Å². The molecule has 1 heterocycles. The molecule has 0 atom stereocenters. The van der Waals surface area contributed by atoms with Crippen molar-refractivity contribution in [2.75, 3.05) is 5.32 Å². The van der Waals surface area contributed by atoms with Crippen LogP contribution in [0.25, 0.3) is 11.3 Å². The van der Waals surface area contributed by atoms with Gasteiger partial charge < -0.3 is 14.8 Å². The smallest absolute Gasteiger partial charge is 0.371 e. The van der Waals surface area contributed by atoms with E-state index in [0.29, 0.717) is 22.6 Å². The number of aryl methyl sites for hydroxylation is 2. The monoisotopic (exact) mass is 349 g/mol. The highest BCUT2D eigenvalue weighted by atomic mass is 16.4. The third-order valence-electron chi connectivity index (χ3n) is 4.13. The number of carboxylic acids is 1. The number of carbonyl (C=O) groups is 2. The molecule has 26 heavy (non-hydrogen) atoms. The van der Waals surface area contributed by atoms with E-state index in [1.807, 2.05) is 31.2 Å². The zero-order valence-corrected chi connectivity index (χ0v) is 14.6. The van der Waals surface area contributed by atoms with Gasteiger partial charge in [-0.15, -0.1) is 0 Å². The lowest BCUT2D eigenvalue weighted by molar-refractivity contribution is 0.0663. The van der Waals surface area contributed by atoms with Gasteiger partial charge in [-0.3, -0.25) is 4.79 Å². The lowest BCUT2D eigenvalue weighted by Crippen LogP contribution is -2.12. The maximum absolute atomic E-state index is 12.6. The number of carbonyl (C=O) groups excluding carboxylic acids is 1. The molecule has 0 radical (unpaired) electrons. The standard InChI is InChI=1S/C21H19NO4/c1-3-14-5-7-15(8-6-14)20(23)22-17-12-13(2)4-9-16(17)18-10-11-19(26-18)21(24)25/h4-12H,3H2,1-2H3,(H,22,23)(H,24,25). The fraction of sp³-hybridized carbons (Fsp3) is 0.143. The van der Waals surface area contributed by atoms with Gasteiger partial charge in [0.2, 0.25) is 5.76 Å². The highest BCUT2D eigenvalue weighted by molar-refractivity contribution is 6.06. The summed E-state index contributed by atoms with van der Waals surface area (Å²) in [6, 6.07) is 15.9. The van der Waals surface area contributed by atoms with E-state index >= 15 is 0 Å². The molecule has 1 aromatic heterocycles. The van der Waals surface area contributed by atoms with Crippen molar-refractivity contribution in [1.82, 2.24) is 0 Å². The number of aromatic carboxylic acids is 1. The van der Waals surface area contributed by atoms with Crippen molar-refractivity contribution in [2.45, 2.75) is 20.3 Å². The molecule has 5 nitrogen and oxygen atoms in total. The van der Waals surface area contributed by atoms with E-state index < -0.39 is 5.97 Å². The van der Waals surface area contributed by atoms with Crippen LogP contribution in [0.3, 0.4) is 0 Å². The zero-order chi connectivity index (χ0) is 18.7. The first-order chi connectivity index (χ1) is 12.5. The first kappa shape index (κ1) is 17.5. The van der Waals surface area contributed by atoms with E-state index in [2.05, 4.69) is 12.2 Å². The highest BCUT2D eigenvalue weighted by Crippen LogP contribution is 2.31. The molecule has 2 N–H and O–H groups in total. The van der Waals surface area contributed by atoms with Gasteiger partial charge in [0.15, 0.2) is 0 Å². The second-order valence-electron chi connectivity index (χ2n) is 6.02. The van der Waals surface area contributed by atoms with Gasteiger partial charge in [-0.1, -0.05) is 25.1 Å². The zero-order valence-electron chi connectivity index (χ0n) is 14.6. The van der Waals surface area contributed by atoms with Gasteiger partial charge in [0.25, 0.3) is 5.91 Å². The maximum atomic E-state index is 12.6. The van der Waals surface area contributed by atoms with Crippen molar-refractivity contribution < 1.29 is 19.1 Å². The first-order valence-corrected chi connectivity index (χ1v) is 8.32. The maximum Gasteiger partial charge on any atom is 0.371 e. The van der Waals surface area contributed by atoms with Crippen molar-refractivity contribution >= 4 is 17.6 Å². The van der Waals surface area contributed by atoms with Crippen LogP contribution in [0.5, 0.6) is 0 Å². The number of amides is 1. The summed E-state index contributed by atoms with van der Waals surface area (Å²) in [6.07, 6.45) is 0.911. The van der Waals surface area contributed by atoms with Crippen molar-refractivity contribution in [3.05, 3.63) is 77.0 Å². The molecule has 0 fully saturated rings. The Bertz CT molecular complexity index is 954. The minimum Gasteiger partial charge on any atom is -0.475 e. The van der Waals surface area contributed by atoms with Crippen molar-refractivity contribution in [3.63, 3.8) is 0 Å². The number of carboxylic acid groups (broad SMARTS) is 1. The Hall–Kier alpha value is -3.34. The Morgan fingerprint density at radius 3 is 2.38 bits per heavy atom. The normalized spacial score (nSPS) is 10.5. The molecule has 3 aromatic rings. The summed E-state index contributed by atoms with van der Waals surface area (Å²) in [4.78, 5) is 23.6. The van der Waals surface area contributed by atoms with Gasteiger partial charge in [0.1, 0.15) is 5.76 Å². The Kier molecular flexibility index (Phi) is 4.89. The quantitative estimate of drug-likeness (QED) is 0.695. The molecule has 1 amide bonds. The Morgan fingerprint density at radius 1 is 1.04 bits per heavy atom. The van der Waals surface area contributed by atoms with E-state index in [9.17, 15) is 9.59 Å². The van der Waals surface area contributed by atoms with E-state index in [0.717, 1.165) is 17.5 Å². The number of furan rings is 1. The first-order valence-electron chi connectivity index (χ1n) is 8.32. The lowest BCUT2D eigenvalue weighted by atomic mass is 10.1. The molecule has 0 bridgehead atoms. The van der Waals surface area contributed by atoms with Gasteiger partial charge in [-0.2, -0.15) is 0 Å². The molecule has 0 spiro atoms. The van der Waals surface area contributed by atoms with E-state index in [1.54, 1.807) is 24.3 Å². The molecule has 0 aliphatic carbocycles. The largest absolute Gasteiger partial charge is 0.475 e. The van der Waals surface area contributed by atoms with Gasteiger partial charge in [0, 0.05) is 11.1 Å². The van der Waals surface area contributed by atoms with Crippen LogP contribution >= 0.6 is 0 Å². The third-order valence-corrected chi connectivity index (χ3v) is 4.13. The summed E-state index contributed by atoms with van der Waals surface area (Å²) in [7, 11) is 0. The number of anilines is 1. The average molecular weight is 349 g/mol. The number of hydrogen-bond acceptors (Lipinski definition) is 3. The van der Waals surface area contributed by atoms with Crippen LogP contribution < -0.4 is 5.32 Å². The Morgan fingerprint density at radius 2 is 1.77 bits per heavy atom. The molecule has 0 saturated carbocycles. The van der Waals surface area contributed by atoms with Crippen LogP contribution in [0.15, 0.2) is 59.0 Å². The molecule has 2 aromatic carbocycles. The van der Waals surface area contributed by atoms with E-state index in [4.69, 9.17) is 9.52 Å². The van der Waals surface area contributed by atoms with Crippen LogP contribution in [0, 0.1) is 6.92 Å². The molecule has 3 rings (SSSR count). The summed E-state index contributed by atoms with van der Waals surface area (Å²) in [6.45, 7) is 3.98. The lowest BCUT2D eigenvalue weighted by Gasteiger charge is -2.11. The van der Waals surface area contributed by atoms with E-state index in [1.165, 1.54) is 6.07 Å². The van der Waals surface area contributed by atoms with Crippen LogP contribution in [0.2, 0.25) is 0 Å². The molecule has 0 unspecified atom stereocenters. The fourth-order valence-electron chi connectivity index (χ4n) is 2.66. The Labute approximate surface area is 151 Å². The highest BCUT2D eigenvalue weighted by Gasteiger charge is 2.15. The van der Waals surface area contributed by atoms with Crippen LogP contribution in [0.1, 0.15) is 39.0 Å². The third kappa shape index (κ3) is 3.67. The van der Waals surface area contributed by atoms with E-state index in [-0.39, 0.29) is 11.7 Å². The molecule has 5 heteroatoms. The van der Waals surface area contributed by atoms with Crippen LogP contribution in [-0.4, -0.2) is 17.0 Å². The van der Waals surface area contributed by atoms with Crippen molar-refractivity contribution in [2.24, 2.45) is 0 Å². The SMILES string of the molecule is CCc1ccc(C(=O)Nc2cc(C)ccc2-c2ccc(C(=O)O)o2)cc1. The second kappa shape index (κ2) is 7.27. The average Bonchev–Trinajstić information content (AvgIpc) is 3.12. The molecular formula is C21H19NO4. The Balaban J connectivity index is 1.92. The summed E-state index contributed by atoms with van der Waals surface area (Å²) < 4.78 is 5.38. The fourth-order valence-corrected chi connectivity index (χ4v) is 2.66. The predicted octanol–water partition coefficient (Wildman–Crippen LogP) is 4.77. The molecule has 132 valence electrons. The summed E-state index contributed by atoms with van der Waals surface area (Å²) in [5.41, 5.74) is 3.88. The topological polar surface area (TPSA) is 79.5 Å². The van der Waals surface area contributed by atoms with Gasteiger partial charge in [-0.05, 0) is 60.9 Å². The summed E-state index contributed by atoms with van der Waals surface area (Å²) >= 11 is 0. The summed E-state index contributed by atoms with van der Waals surface area (Å²) in [5, 5.41) is 11.9.